The van der Waals surface area contributed by atoms with Crippen molar-refractivity contribution in [3.63, 3.8) is 0 Å². The molecule has 4 N–H and O–H groups in total. The van der Waals surface area contributed by atoms with Crippen LogP contribution >= 0.6 is 0 Å². The molecule has 1 atom stereocenters. The summed E-state index contributed by atoms with van der Waals surface area (Å²) in [5.41, 5.74) is 3.40. The van der Waals surface area contributed by atoms with Gasteiger partial charge in [0.05, 0.1) is 5.60 Å². The minimum Gasteiger partial charge on any atom is -0.481 e. The van der Waals surface area contributed by atoms with Gasteiger partial charge in [-0.3, -0.25) is 9.59 Å². The van der Waals surface area contributed by atoms with Crippen molar-refractivity contribution in [2.45, 2.75) is 62.5 Å². The number of ether oxygens (including phenoxy) is 1. The number of carbonyl (C=O) groups is 3. The molecule has 2 aromatic carbocycles. The van der Waals surface area contributed by atoms with Crippen molar-refractivity contribution in [3.8, 4) is 11.1 Å². The van der Waals surface area contributed by atoms with Crippen molar-refractivity contribution < 1.29 is 29.3 Å². The average Bonchev–Trinajstić information content (AvgIpc) is 3.18. The molecule has 8 heteroatoms. The number of carboxylic acids is 1. The van der Waals surface area contributed by atoms with Gasteiger partial charge >= 0.3 is 12.1 Å². The third-order valence-corrected chi connectivity index (χ3v) is 6.98. The number of carboxylic acid groups (broad SMARTS) is 1. The third-order valence-electron chi connectivity index (χ3n) is 6.98. The molecule has 0 aliphatic heterocycles. The van der Waals surface area contributed by atoms with E-state index in [4.69, 9.17) is 9.84 Å². The van der Waals surface area contributed by atoms with Crippen LogP contribution in [0.1, 0.15) is 62.0 Å². The Kier molecular flexibility index (Phi) is 7.70. The fraction of sp³-hybridized carbons (Fsp3) is 0.444. The first-order valence-electron chi connectivity index (χ1n) is 12.2. The summed E-state index contributed by atoms with van der Waals surface area (Å²) in [6.07, 6.45) is 2.91. The monoisotopic (exact) mass is 480 g/mol. The van der Waals surface area contributed by atoms with Crippen LogP contribution in [0, 0.1) is 0 Å². The molecule has 35 heavy (non-hydrogen) atoms. The Morgan fingerprint density at radius 2 is 1.57 bits per heavy atom. The van der Waals surface area contributed by atoms with Crippen molar-refractivity contribution in [2.75, 3.05) is 13.2 Å². The smallest absolute Gasteiger partial charge is 0.407 e. The summed E-state index contributed by atoms with van der Waals surface area (Å²) >= 11 is 0. The number of aliphatic carboxylic acids is 1. The van der Waals surface area contributed by atoms with Crippen LogP contribution in [0.15, 0.2) is 48.5 Å². The summed E-state index contributed by atoms with van der Waals surface area (Å²) in [6, 6.07) is 14.9. The number of alkyl carbamates (subject to hydrolysis) is 1. The summed E-state index contributed by atoms with van der Waals surface area (Å²) < 4.78 is 5.51. The van der Waals surface area contributed by atoms with E-state index in [2.05, 4.69) is 10.6 Å². The van der Waals surface area contributed by atoms with Crippen molar-refractivity contribution in [1.29, 1.82) is 0 Å². The van der Waals surface area contributed by atoms with Gasteiger partial charge in [0.15, 0.2) is 0 Å². The lowest BCUT2D eigenvalue weighted by atomic mass is 9.85. The van der Waals surface area contributed by atoms with Gasteiger partial charge in [-0.15, -0.1) is 0 Å². The first kappa shape index (κ1) is 24.7. The molecule has 2 amide bonds. The molecule has 1 saturated carbocycles. The normalized spacial score (nSPS) is 17.1. The largest absolute Gasteiger partial charge is 0.481 e. The van der Waals surface area contributed by atoms with Crippen molar-refractivity contribution >= 4 is 18.0 Å². The maximum atomic E-state index is 12.8. The molecule has 1 fully saturated rings. The predicted molar refractivity (Wildman–Crippen MR) is 130 cm³/mol. The second-order valence-electron chi connectivity index (χ2n) is 9.46. The zero-order chi connectivity index (χ0) is 24.8. The Bertz CT molecular complexity index is 1030. The van der Waals surface area contributed by atoms with E-state index in [9.17, 15) is 19.5 Å². The zero-order valence-electron chi connectivity index (χ0n) is 19.7. The molecule has 2 aromatic rings. The van der Waals surface area contributed by atoms with Gasteiger partial charge in [0.1, 0.15) is 12.6 Å². The van der Waals surface area contributed by atoms with E-state index in [1.54, 1.807) is 0 Å². The number of benzene rings is 2. The Morgan fingerprint density at radius 1 is 0.971 bits per heavy atom. The highest BCUT2D eigenvalue weighted by Gasteiger charge is 2.32. The quantitative estimate of drug-likeness (QED) is 0.435. The second-order valence-corrected chi connectivity index (χ2v) is 9.46. The summed E-state index contributed by atoms with van der Waals surface area (Å²) in [4.78, 5) is 36.5. The van der Waals surface area contributed by atoms with Crippen LogP contribution in [-0.4, -0.2) is 53.0 Å². The van der Waals surface area contributed by atoms with Gasteiger partial charge in [-0.05, 0) is 41.5 Å². The lowest BCUT2D eigenvalue weighted by Crippen LogP contribution is -2.51. The molecule has 0 saturated heterocycles. The number of fused-ring (bicyclic) bond motifs is 3. The topological polar surface area (TPSA) is 125 Å². The number of amides is 2. The highest BCUT2D eigenvalue weighted by atomic mass is 16.5. The minimum atomic E-state index is -1.08. The van der Waals surface area contributed by atoms with Crippen molar-refractivity contribution in [1.82, 2.24) is 10.6 Å². The number of nitrogens with one attached hydrogen (secondary N) is 2. The summed E-state index contributed by atoms with van der Waals surface area (Å²) in [7, 11) is 0. The Morgan fingerprint density at radius 3 is 2.17 bits per heavy atom. The van der Waals surface area contributed by atoms with Gasteiger partial charge in [-0.25, -0.2) is 4.79 Å². The van der Waals surface area contributed by atoms with Gasteiger partial charge in [0.25, 0.3) is 0 Å². The molecule has 0 spiro atoms. The molecular weight excluding hydrogens is 448 g/mol. The molecule has 8 nitrogen and oxygen atoms in total. The highest BCUT2D eigenvalue weighted by molar-refractivity contribution is 5.86. The maximum absolute atomic E-state index is 12.8. The van der Waals surface area contributed by atoms with E-state index >= 15 is 0 Å². The standard InChI is InChI=1S/C27H32N2O6/c30-24(31)13-12-23(25(32)28-17-27(34)14-6-1-7-15-27)29-26(33)35-16-22-20-10-4-2-8-18(20)19-9-3-5-11-21(19)22/h2-5,8-11,22-23,34H,1,6-7,12-17H2,(H,28,32)(H,29,33)(H,30,31). The third kappa shape index (κ3) is 6.00. The van der Waals surface area contributed by atoms with Gasteiger partial charge in [0, 0.05) is 18.9 Å². The summed E-state index contributed by atoms with van der Waals surface area (Å²) in [5.74, 6) is -1.72. The Hall–Kier alpha value is -3.39. The fourth-order valence-corrected chi connectivity index (χ4v) is 5.08. The van der Waals surface area contributed by atoms with Gasteiger partial charge in [-0.1, -0.05) is 67.8 Å². The second kappa shape index (κ2) is 10.9. The van der Waals surface area contributed by atoms with Crippen LogP contribution in [0.3, 0.4) is 0 Å². The Labute approximate surface area is 204 Å². The number of rotatable bonds is 9. The molecular formula is C27H32N2O6. The molecule has 4 rings (SSSR count). The molecule has 0 aromatic heterocycles. The predicted octanol–water partition coefficient (Wildman–Crippen LogP) is 3.57. The highest BCUT2D eigenvalue weighted by Crippen LogP contribution is 2.44. The van der Waals surface area contributed by atoms with Crippen LogP contribution in [-0.2, 0) is 14.3 Å². The van der Waals surface area contributed by atoms with E-state index < -0.39 is 29.6 Å². The van der Waals surface area contributed by atoms with Gasteiger partial charge in [-0.2, -0.15) is 0 Å². The first-order chi connectivity index (χ1) is 16.9. The lowest BCUT2D eigenvalue weighted by Gasteiger charge is -2.32. The van der Waals surface area contributed by atoms with E-state index in [1.807, 2.05) is 48.5 Å². The van der Waals surface area contributed by atoms with Gasteiger partial charge < -0.3 is 25.6 Å². The fourth-order valence-electron chi connectivity index (χ4n) is 5.08. The number of aliphatic hydroxyl groups is 1. The van der Waals surface area contributed by atoms with Gasteiger partial charge in [0.2, 0.25) is 5.91 Å². The van der Waals surface area contributed by atoms with Crippen LogP contribution in [0.4, 0.5) is 4.79 Å². The molecule has 2 aliphatic carbocycles. The van der Waals surface area contributed by atoms with Crippen LogP contribution in [0.5, 0.6) is 0 Å². The molecule has 0 bridgehead atoms. The lowest BCUT2D eigenvalue weighted by molar-refractivity contribution is -0.137. The average molecular weight is 481 g/mol. The molecule has 186 valence electrons. The van der Waals surface area contributed by atoms with Crippen LogP contribution in [0.2, 0.25) is 0 Å². The molecule has 0 heterocycles. The molecule has 1 unspecified atom stereocenters. The van der Waals surface area contributed by atoms with Crippen LogP contribution in [0.25, 0.3) is 11.1 Å². The van der Waals surface area contributed by atoms with Crippen LogP contribution < -0.4 is 10.6 Å². The van der Waals surface area contributed by atoms with Crippen molar-refractivity contribution in [2.24, 2.45) is 0 Å². The number of hydrogen-bond acceptors (Lipinski definition) is 5. The molecule has 2 aliphatic rings. The zero-order valence-corrected chi connectivity index (χ0v) is 19.7. The van der Waals surface area contributed by atoms with E-state index in [1.165, 1.54) is 0 Å². The van der Waals surface area contributed by atoms with E-state index in [0.717, 1.165) is 41.5 Å². The van der Waals surface area contributed by atoms with Crippen molar-refractivity contribution in [3.05, 3.63) is 59.7 Å². The number of carbonyl (C=O) groups excluding carboxylic acids is 2. The number of hydrogen-bond donors (Lipinski definition) is 4. The molecule has 0 radical (unpaired) electrons. The maximum Gasteiger partial charge on any atom is 0.407 e. The van der Waals surface area contributed by atoms with E-state index in [0.29, 0.717) is 12.8 Å². The summed E-state index contributed by atoms with van der Waals surface area (Å²) in [6.45, 7) is 0.161. The first-order valence-corrected chi connectivity index (χ1v) is 12.2. The summed E-state index contributed by atoms with van der Waals surface area (Å²) in [5, 5.41) is 24.9. The van der Waals surface area contributed by atoms with E-state index in [-0.39, 0.29) is 31.9 Å². The SMILES string of the molecule is O=C(O)CCC(NC(=O)OCC1c2ccccc2-c2ccccc21)C(=O)NCC1(O)CCCCC1. The Balaban J connectivity index is 1.37. The minimum absolute atomic E-state index is 0.0712.